The van der Waals surface area contributed by atoms with Gasteiger partial charge in [0.2, 0.25) is 0 Å². The molecule has 0 bridgehead atoms. The van der Waals surface area contributed by atoms with E-state index >= 15 is 0 Å². The van der Waals surface area contributed by atoms with E-state index in [2.05, 4.69) is 0 Å². The van der Waals surface area contributed by atoms with Crippen molar-refractivity contribution in [1.29, 1.82) is 0 Å². The van der Waals surface area contributed by atoms with Crippen molar-refractivity contribution in [2.24, 2.45) is 0 Å². The summed E-state index contributed by atoms with van der Waals surface area (Å²) < 4.78 is 21.2. The van der Waals surface area contributed by atoms with E-state index in [1.807, 2.05) is 0 Å². The number of sulfonamides is 1. The maximum atomic E-state index is 11.0. The third-order valence-corrected chi connectivity index (χ3v) is 4.16. The molecule has 0 aliphatic heterocycles. The molecule has 78 valence electrons. The van der Waals surface area contributed by atoms with Gasteiger partial charge in [0.15, 0.2) is 4.34 Å². The van der Waals surface area contributed by atoms with E-state index in [1.165, 1.54) is 0 Å². The lowest BCUT2D eigenvalue weighted by atomic mass is 10.6. The summed E-state index contributed by atoms with van der Waals surface area (Å²) in [6.07, 6.45) is 0. The highest BCUT2D eigenvalue weighted by Crippen LogP contribution is 2.35. The van der Waals surface area contributed by atoms with Crippen LogP contribution in [-0.4, -0.2) is 18.5 Å². The Labute approximate surface area is 87.1 Å². The molecule has 0 aliphatic carbocycles. The molecule has 2 N–H and O–H groups in total. The molecule has 14 heavy (non-hydrogen) atoms. The molecule has 1 heterocycles. The van der Waals surface area contributed by atoms with Crippen LogP contribution in [-0.2, 0) is 10.0 Å². The maximum Gasteiger partial charge on any atom is 0.300 e. The van der Waals surface area contributed by atoms with Gasteiger partial charge >= 0.3 is 0 Å². The zero-order valence-corrected chi connectivity index (χ0v) is 8.69. The zero-order chi connectivity index (χ0) is 10.9. The molecule has 1 rings (SSSR count). The summed E-state index contributed by atoms with van der Waals surface area (Å²) in [6.45, 7) is 0. The highest BCUT2D eigenvalue weighted by molar-refractivity contribution is 7.91. The molecule has 10 heteroatoms. The minimum atomic E-state index is -4.10. The van der Waals surface area contributed by atoms with Crippen LogP contribution >= 0.6 is 22.9 Å². The van der Waals surface area contributed by atoms with Crippen molar-refractivity contribution in [1.82, 2.24) is 4.89 Å². The second kappa shape index (κ2) is 3.79. The number of nitrogens with zero attached hydrogens (tertiary/aromatic N) is 1. The van der Waals surface area contributed by atoms with E-state index in [1.54, 1.807) is 0 Å². The van der Waals surface area contributed by atoms with Crippen molar-refractivity contribution in [3.63, 3.8) is 0 Å². The first kappa shape index (κ1) is 11.3. The molecule has 0 saturated heterocycles. The van der Waals surface area contributed by atoms with Crippen molar-refractivity contribution >= 4 is 38.6 Å². The lowest BCUT2D eigenvalue weighted by Crippen LogP contribution is -2.17. The molecule has 0 amide bonds. The predicted octanol–water partition coefficient (Wildman–Crippen LogP) is 0.977. The fraction of sp³-hybridized carbons (Fsp3) is 0. The molecule has 0 fully saturated rings. The van der Waals surface area contributed by atoms with Crippen LogP contribution in [0.4, 0.5) is 5.69 Å². The van der Waals surface area contributed by atoms with Crippen LogP contribution in [0.5, 0.6) is 0 Å². The third-order valence-electron chi connectivity index (χ3n) is 1.23. The smallest absolute Gasteiger partial charge is 0.300 e. The van der Waals surface area contributed by atoms with Gasteiger partial charge in [-0.15, -0.1) is 11.3 Å². The first-order valence-electron chi connectivity index (χ1n) is 2.98. The van der Waals surface area contributed by atoms with Gasteiger partial charge in [0, 0.05) is 6.07 Å². The second-order valence-corrected chi connectivity index (χ2v) is 5.62. The Balaban J connectivity index is 3.29. The lowest BCUT2D eigenvalue weighted by Gasteiger charge is -1.93. The molecule has 0 spiro atoms. The van der Waals surface area contributed by atoms with E-state index in [4.69, 9.17) is 16.8 Å². The van der Waals surface area contributed by atoms with Gasteiger partial charge in [0.25, 0.3) is 15.7 Å². The number of hydrogen-bond acceptors (Lipinski definition) is 6. The van der Waals surface area contributed by atoms with Gasteiger partial charge < -0.3 is 5.21 Å². The molecule has 0 saturated carbocycles. The molecule has 1 aromatic rings. The Morgan fingerprint density at radius 3 is 2.57 bits per heavy atom. The Bertz CT molecular complexity index is 466. The van der Waals surface area contributed by atoms with E-state index in [0.29, 0.717) is 11.3 Å². The monoisotopic (exact) mass is 258 g/mol. The third kappa shape index (κ3) is 2.01. The van der Waals surface area contributed by atoms with Crippen LogP contribution in [0, 0.1) is 10.1 Å². The summed E-state index contributed by atoms with van der Waals surface area (Å²) in [4.78, 5) is 10.5. The van der Waals surface area contributed by atoms with E-state index in [-0.39, 0.29) is 4.34 Å². The highest BCUT2D eigenvalue weighted by Gasteiger charge is 2.24. The van der Waals surface area contributed by atoms with E-state index < -0.39 is 24.8 Å². The van der Waals surface area contributed by atoms with Crippen LogP contribution in [0.25, 0.3) is 0 Å². The standard InChI is InChI=1S/C4H3ClN2O5S2/c5-4-2(7(9)10)1-3(13-4)14(11,12)6-8/h1,6,8H. The average Bonchev–Trinajstić information content (AvgIpc) is 2.48. The van der Waals surface area contributed by atoms with Gasteiger partial charge in [-0.2, -0.15) is 0 Å². The zero-order valence-electron chi connectivity index (χ0n) is 6.30. The molecular weight excluding hydrogens is 256 g/mol. The number of hydrogen-bond donors (Lipinski definition) is 2. The summed E-state index contributed by atoms with van der Waals surface area (Å²) in [6, 6.07) is 0.769. The quantitative estimate of drug-likeness (QED) is 0.620. The number of rotatable bonds is 3. The van der Waals surface area contributed by atoms with Crippen molar-refractivity contribution in [3.05, 3.63) is 20.5 Å². The van der Waals surface area contributed by atoms with Gasteiger partial charge in [-0.1, -0.05) is 16.5 Å². The Morgan fingerprint density at radius 2 is 2.21 bits per heavy atom. The number of nitro groups is 1. The lowest BCUT2D eigenvalue weighted by molar-refractivity contribution is -0.384. The molecule has 0 radical (unpaired) electrons. The van der Waals surface area contributed by atoms with Gasteiger partial charge in [-0.3, -0.25) is 10.1 Å². The second-order valence-electron chi connectivity index (χ2n) is 2.08. The van der Waals surface area contributed by atoms with Gasteiger partial charge in [-0.05, 0) is 0 Å². The molecule has 0 unspecified atom stereocenters. The SMILES string of the molecule is O=[N+]([O-])c1cc(S(=O)(=O)NO)sc1Cl. The maximum absolute atomic E-state index is 11.0. The molecule has 7 nitrogen and oxygen atoms in total. The predicted molar refractivity (Wildman–Crippen MR) is 48.1 cm³/mol. The molecular formula is C4H3ClN2O5S2. The van der Waals surface area contributed by atoms with E-state index in [9.17, 15) is 18.5 Å². The topological polar surface area (TPSA) is 110 Å². The highest BCUT2D eigenvalue weighted by atomic mass is 35.5. The Kier molecular flexibility index (Phi) is 3.07. The minimum Gasteiger partial charge on any atom is -0.302 e. The molecule has 0 aromatic carbocycles. The molecule has 0 atom stereocenters. The largest absolute Gasteiger partial charge is 0.302 e. The average molecular weight is 259 g/mol. The van der Waals surface area contributed by atoms with E-state index in [0.717, 1.165) is 11.0 Å². The van der Waals surface area contributed by atoms with Crippen LogP contribution in [0.15, 0.2) is 10.3 Å². The fourth-order valence-corrected chi connectivity index (χ4v) is 2.89. The van der Waals surface area contributed by atoms with Crippen molar-refractivity contribution < 1.29 is 18.5 Å². The van der Waals surface area contributed by atoms with Crippen LogP contribution in [0.1, 0.15) is 0 Å². The van der Waals surface area contributed by atoms with Crippen molar-refractivity contribution in [3.8, 4) is 0 Å². The molecule has 1 aromatic heterocycles. The van der Waals surface area contributed by atoms with Crippen LogP contribution in [0.3, 0.4) is 0 Å². The van der Waals surface area contributed by atoms with Gasteiger partial charge in [-0.25, -0.2) is 8.42 Å². The number of halogens is 1. The van der Waals surface area contributed by atoms with Crippen molar-refractivity contribution in [2.45, 2.75) is 4.21 Å². The first-order chi connectivity index (χ1) is 6.38. The van der Waals surface area contributed by atoms with Crippen molar-refractivity contribution in [2.75, 3.05) is 0 Å². The summed E-state index contributed by atoms with van der Waals surface area (Å²) in [5.41, 5.74) is -0.509. The normalized spacial score (nSPS) is 11.6. The summed E-state index contributed by atoms with van der Waals surface area (Å²) in [7, 11) is -4.10. The Hall–Kier alpha value is -0.740. The van der Waals surface area contributed by atoms with Gasteiger partial charge in [0.1, 0.15) is 4.21 Å². The number of thiophene rings is 1. The summed E-state index contributed by atoms with van der Waals surface area (Å²) >= 11 is 5.89. The van der Waals surface area contributed by atoms with Crippen LogP contribution < -0.4 is 4.89 Å². The fourth-order valence-electron chi connectivity index (χ4n) is 0.640. The molecule has 0 aliphatic rings. The first-order valence-corrected chi connectivity index (χ1v) is 5.66. The summed E-state index contributed by atoms with van der Waals surface area (Å²) in [5.74, 6) is 0. The minimum absolute atomic E-state index is 0.260. The van der Waals surface area contributed by atoms with Gasteiger partial charge in [0.05, 0.1) is 4.92 Å². The number of nitrogens with one attached hydrogen (secondary N) is 1. The Morgan fingerprint density at radius 1 is 1.64 bits per heavy atom. The van der Waals surface area contributed by atoms with Crippen LogP contribution in [0.2, 0.25) is 4.34 Å². The summed E-state index contributed by atoms with van der Waals surface area (Å²) in [5, 5.41) is 18.5.